The van der Waals surface area contributed by atoms with Gasteiger partial charge in [0.05, 0.1) is 6.04 Å². The van der Waals surface area contributed by atoms with Crippen molar-refractivity contribution >= 4 is 23.8 Å². The Labute approximate surface area is 152 Å². The number of carbonyl (C=O) groups excluding carboxylic acids is 4. The molecule has 0 aliphatic carbocycles. The number of amides is 2. The average molecular weight is 364 g/mol. The third-order valence-electron chi connectivity index (χ3n) is 4.06. The van der Waals surface area contributed by atoms with Crippen molar-refractivity contribution in [2.24, 2.45) is 0 Å². The number of nitrogens with one attached hydrogen (secondary N) is 1. The summed E-state index contributed by atoms with van der Waals surface area (Å²) in [5, 5.41) is 2.54. The van der Waals surface area contributed by atoms with Crippen molar-refractivity contribution in [3.63, 3.8) is 0 Å². The molecule has 2 aliphatic heterocycles. The lowest BCUT2D eigenvalue weighted by Gasteiger charge is -2.50. The van der Waals surface area contributed by atoms with E-state index in [4.69, 9.17) is 9.47 Å². The Bertz CT molecular complexity index is 688. The summed E-state index contributed by atoms with van der Waals surface area (Å²) in [6.45, 7) is 9.94. The summed E-state index contributed by atoms with van der Waals surface area (Å²) in [4.78, 5) is 49.9. The van der Waals surface area contributed by atoms with Crippen LogP contribution in [0, 0.1) is 0 Å². The highest BCUT2D eigenvalue weighted by Gasteiger charge is 2.54. The van der Waals surface area contributed by atoms with Crippen molar-refractivity contribution < 1.29 is 28.7 Å². The average Bonchev–Trinajstić information content (AvgIpc) is 2.54. The van der Waals surface area contributed by atoms with E-state index in [-0.39, 0.29) is 23.7 Å². The van der Waals surface area contributed by atoms with E-state index < -0.39 is 35.7 Å². The first-order valence-corrected chi connectivity index (χ1v) is 8.41. The van der Waals surface area contributed by atoms with Gasteiger partial charge < -0.3 is 14.8 Å². The Morgan fingerprint density at radius 1 is 1.35 bits per heavy atom. The summed E-state index contributed by atoms with van der Waals surface area (Å²) in [7, 11) is 0. The Balaban J connectivity index is 2.19. The zero-order valence-corrected chi connectivity index (χ0v) is 15.5. The Morgan fingerprint density at radius 3 is 2.54 bits per heavy atom. The predicted molar refractivity (Wildman–Crippen MR) is 91.9 cm³/mol. The number of Topliss-reactive ketones (excluding diaryl/α,β-unsaturated/α-hetero) is 1. The molecule has 0 aromatic rings. The van der Waals surface area contributed by atoms with Crippen LogP contribution in [0.3, 0.4) is 0 Å². The number of esters is 1. The smallest absolute Gasteiger partial charge is 0.408 e. The molecule has 1 saturated heterocycles. The number of carbonyl (C=O) groups is 4. The number of rotatable bonds is 5. The Morgan fingerprint density at radius 2 is 2.00 bits per heavy atom. The quantitative estimate of drug-likeness (QED) is 0.450. The molecular weight excluding hydrogens is 340 g/mol. The van der Waals surface area contributed by atoms with Crippen molar-refractivity contribution in [1.82, 2.24) is 10.2 Å². The normalized spacial score (nSPS) is 22.2. The van der Waals surface area contributed by atoms with E-state index in [2.05, 4.69) is 11.9 Å². The maximum Gasteiger partial charge on any atom is 0.408 e. The van der Waals surface area contributed by atoms with Crippen LogP contribution >= 0.6 is 0 Å². The SMILES string of the molecule is C=CCOC(=O)C1=C(C(C)=O)CC[C@H]2[C@H](NC(=O)OC(C)(C)C)C(=O)N12. The van der Waals surface area contributed by atoms with Crippen LogP contribution in [0.5, 0.6) is 0 Å². The molecule has 8 heteroatoms. The highest BCUT2D eigenvalue weighted by atomic mass is 16.6. The lowest BCUT2D eigenvalue weighted by molar-refractivity contribution is -0.156. The van der Waals surface area contributed by atoms with Crippen LogP contribution in [0.25, 0.3) is 0 Å². The number of β-lactam (4-membered cyclic amide) rings is 1. The molecule has 0 radical (unpaired) electrons. The monoisotopic (exact) mass is 364 g/mol. The summed E-state index contributed by atoms with van der Waals surface area (Å²) >= 11 is 0. The summed E-state index contributed by atoms with van der Waals surface area (Å²) in [6, 6.07) is -1.20. The zero-order valence-electron chi connectivity index (χ0n) is 15.5. The number of hydrogen-bond donors (Lipinski definition) is 1. The summed E-state index contributed by atoms with van der Waals surface area (Å²) < 4.78 is 10.2. The second kappa shape index (κ2) is 7.31. The lowest BCUT2D eigenvalue weighted by atomic mass is 9.82. The standard InChI is InChI=1S/C18H24N2O6/c1-6-9-25-16(23)14-11(10(2)21)7-8-12-13(15(22)20(12)14)19-17(24)26-18(3,4)5/h6,12-13H,1,7-9H2,2-5H3,(H,19,24)/t12-,13-/m0/s1. The lowest BCUT2D eigenvalue weighted by Crippen LogP contribution is -2.72. The van der Waals surface area contributed by atoms with Gasteiger partial charge in [0.15, 0.2) is 5.78 Å². The van der Waals surface area contributed by atoms with Gasteiger partial charge >= 0.3 is 12.1 Å². The van der Waals surface area contributed by atoms with Crippen LogP contribution in [0.1, 0.15) is 40.5 Å². The molecular formula is C18H24N2O6. The van der Waals surface area contributed by atoms with E-state index >= 15 is 0 Å². The fourth-order valence-corrected chi connectivity index (χ4v) is 3.03. The van der Waals surface area contributed by atoms with Gasteiger partial charge in [0.25, 0.3) is 5.91 Å². The van der Waals surface area contributed by atoms with E-state index in [1.54, 1.807) is 20.8 Å². The fourth-order valence-electron chi connectivity index (χ4n) is 3.03. The number of hydrogen-bond acceptors (Lipinski definition) is 6. The van der Waals surface area contributed by atoms with Crippen LogP contribution in [0.4, 0.5) is 4.79 Å². The van der Waals surface area contributed by atoms with Crippen molar-refractivity contribution in [3.05, 3.63) is 23.9 Å². The molecule has 26 heavy (non-hydrogen) atoms. The summed E-state index contributed by atoms with van der Waals surface area (Å²) in [5.74, 6) is -1.50. The molecule has 0 unspecified atom stereocenters. The molecule has 2 amide bonds. The van der Waals surface area contributed by atoms with Crippen molar-refractivity contribution in [2.75, 3.05) is 6.61 Å². The molecule has 2 heterocycles. The molecule has 0 bridgehead atoms. The molecule has 0 aromatic carbocycles. The molecule has 2 rings (SSSR count). The molecule has 0 aromatic heterocycles. The number of fused-ring (bicyclic) bond motifs is 1. The highest BCUT2D eigenvalue weighted by molar-refractivity contribution is 6.08. The van der Waals surface area contributed by atoms with Gasteiger partial charge in [-0.25, -0.2) is 9.59 Å². The first-order valence-electron chi connectivity index (χ1n) is 8.41. The Hall–Kier alpha value is -2.64. The molecule has 0 spiro atoms. The number of ether oxygens (including phenoxy) is 2. The minimum atomic E-state index is -0.791. The van der Waals surface area contributed by atoms with E-state index in [9.17, 15) is 19.2 Å². The van der Waals surface area contributed by atoms with Gasteiger partial charge in [-0.1, -0.05) is 12.7 Å². The van der Waals surface area contributed by atoms with Crippen LogP contribution in [-0.2, 0) is 23.9 Å². The van der Waals surface area contributed by atoms with Crippen LogP contribution < -0.4 is 5.32 Å². The number of alkyl carbamates (subject to hydrolysis) is 1. The minimum Gasteiger partial charge on any atom is -0.457 e. The van der Waals surface area contributed by atoms with Crippen LogP contribution in [0.2, 0.25) is 0 Å². The second-order valence-corrected chi connectivity index (χ2v) is 7.21. The largest absolute Gasteiger partial charge is 0.457 e. The Kier molecular flexibility index (Phi) is 5.53. The summed E-state index contributed by atoms with van der Waals surface area (Å²) in [6.07, 6.45) is 1.48. The first kappa shape index (κ1) is 19.7. The van der Waals surface area contributed by atoms with E-state index in [1.807, 2.05) is 0 Å². The van der Waals surface area contributed by atoms with Gasteiger partial charge in [-0.05, 0) is 40.5 Å². The minimum absolute atomic E-state index is 0.0280. The maximum atomic E-state index is 12.5. The third kappa shape index (κ3) is 3.95. The van der Waals surface area contributed by atoms with Gasteiger partial charge in [0.2, 0.25) is 0 Å². The van der Waals surface area contributed by atoms with Gasteiger partial charge in [0, 0.05) is 5.57 Å². The highest BCUT2D eigenvalue weighted by Crippen LogP contribution is 2.37. The zero-order chi connectivity index (χ0) is 19.6. The van der Waals surface area contributed by atoms with E-state index in [1.165, 1.54) is 17.9 Å². The molecule has 2 atom stereocenters. The van der Waals surface area contributed by atoms with Crippen molar-refractivity contribution in [1.29, 1.82) is 0 Å². The van der Waals surface area contributed by atoms with Gasteiger partial charge in [-0.15, -0.1) is 0 Å². The third-order valence-corrected chi connectivity index (χ3v) is 4.06. The van der Waals surface area contributed by atoms with Crippen LogP contribution in [-0.4, -0.2) is 52.9 Å². The first-order chi connectivity index (χ1) is 12.1. The summed E-state index contributed by atoms with van der Waals surface area (Å²) in [5.41, 5.74) is -0.466. The number of nitrogens with zero attached hydrogens (tertiary/aromatic N) is 1. The topological polar surface area (TPSA) is 102 Å². The van der Waals surface area contributed by atoms with Gasteiger partial charge in [0.1, 0.15) is 23.9 Å². The van der Waals surface area contributed by atoms with Crippen molar-refractivity contribution in [2.45, 2.75) is 58.2 Å². The predicted octanol–water partition coefficient (Wildman–Crippen LogP) is 1.46. The number of allylic oxidation sites excluding steroid dienone is 1. The van der Waals surface area contributed by atoms with E-state index in [0.29, 0.717) is 12.8 Å². The molecule has 1 fully saturated rings. The van der Waals surface area contributed by atoms with Crippen molar-refractivity contribution in [3.8, 4) is 0 Å². The van der Waals surface area contributed by atoms with Gasteiger partial charge in [-0.2, -0.15) is 0 Å². The van der Waals surface area contributed by atoms with Crippen LogP contribution in [0.15, 0.2) is 23.9 Å². The second-order valence-electron chi connectivity index (χ2n) is 7.21. The molecule has 8 nitrogen and oxygen atoms in total. The molecule has 2 aliphatic rings. The fraction of sp³-hybridized carbons (Fsp3) is 0.556. The molecule has 1 N–H and O–H groups in total. The van der Waals surface area contributed by atoms with E-state index in [0.717, 1.165) is 0 Å². The maximum absolute atomic E-state index is 12.5. The molecule has 142 valence electrons. The van der Waals surface area contributed by atoms with Gasteiger partial charge in [-0.3, -0.25) is 14.5 Å². The number of ketones is 1. The molecule has 0 saturated carbocycles.